The van der Waals surface area contributed by atoms with E-state index < -0.39 is 5.91 Å². The van der Waals surface area contributed by atoms with Gasteiger partial charge >= 0.3 is 0 Å². The summed E-state index contributed by atoms with van der Waals surface area (Å²) in [5, 5.41) is 8.71. The number of rotatable bonds is 5. The van der Waals surface area contributed by atoms with Crippen molar-refractivity contribution in [3.8, 4) is 17.2 Å². The molecular weight excluding hydrogens is 388 g/mol. The minimum absolute atomic E-state index is 0.111. The number of benzene rings is 2. The summed E-state index contributed by atoms with van der Waals surface area (Å²) in [5.74, 6) is -0.504. The highest BCUT2D eigenvalue weighted by atomic mass is 16.5. The molecule has 0 unspecified atom stereocenters. The second-order valence-corrected chi connectivity index (χ2v) is 7.41. The van der Waals surface area contributed by atoms with Crippen LogP contribution in [0.15, 0.2) is 66.9 Å². The molecule has 2 aromatic carbocycles. The molecule has 3 aromatic rings. The van der Waals surface area contributed by atoms with Gasteiger partial charge < -0.3 is 16.2 Å². The van der Waals surface area contributed by atoms with Gasteiger partial charge in [0.25, 0.3) is 5.91 Å². The Morgan fingerprint density at radius 3 is 2.35 bits per heavy atom. The largest absolute Gasteiger partial charge is 0.383 e. The molecule has 1 fully saturated rings. The molecule has 1 aliphatic rings. The van der Waals surface area contributed by atoms with Gasteiger partial charge in [0.05, 0.1) is 29.9 Å². The molecule has 0 bridgehead atoms. The Hall–Kier alpha value is -3.69. The Morgan fingerprint density at radius 2 is 1.74 bits per heavy atom. The Bertz CT molecular complexity index is 1040. The van der Waals surface area contributed by atoms with Crippen LogP contribution in [0.3, 0.4) is 0 Å². The molecule has 1 heterocycles. The first kappa shape index (κ1) is 22.0. The number of nitrogens with two attached hydrogens (primary N) is 2. The zero-order valence-electron chi connectivity index (χ0n) is 17.3. The average Bonchev–Trinajstić information content (AvgIpc) is 3.33. The molecule has 4 rings (SSSR count). The van der Waals surface area contributed by atoms with Gasteiger partial charge in [-0.1, -0.05) is 55.3 Å². The number of hydrogen-bond acceptors (Lipinski definition) is 5. The molecule has 0 aliphatic heterocycles. The summed E-state index contributed by atoms with van der Waals surface area (Å²) in [7, 11) is 0. The number of anilines is 1. The first-order valence-electron chi connectivity index (χ1n) is 10.3. The highest BCUT2D eigenvalue weighted by molar-refractivity contribution is 5.98. The summed E-state index contributed by atoms with van der Waals surface area (Å²) in [6.45, 7) is 0.783. The number of carbonyl (C=O) groups excluding carboxylic acids is 1. The van der Waals surface area contributed by atoms with Gasteiger partial charge in [-0.25, -0.2) is 4.98 Å². The van der Waals surface area contributed by atoms with Crippen molar-refractivity contribution in [3.63, 3.8) is 0 Å². The number of nitrogen functional groups attached to an aromatic ring is 1. The Kier molecular flexibility index (Phi) is 7.74. The third-order valence-corrected chi connectivity index (χ3v) is 5.16. The van der Waals surface area contributed by atoms with Gasteiger partial charge in [0, 0.05) is 11.8 Å². The molecule has 0 atom stereocenters. The first-order chi connectivity index (χ1) is 15.1. The van der Waals surface area contributed by atoms with Crippen LogP contribution in [-0.4, -0.2) is 17.0 Å². The van der Waals surface area contributed by atoms with Crippen molar-refractivity contribution >= 4 is 11.7 Å². The second-order valence-electron chi connectivity index (χ2n) is 7.41. The molecule has 31 heavy (non-hydrogen) atoms. The van der Waals surface area contributed by atoms with Crippen LogP contribution in [-0.2, 0) is 11.3 Å². The first-order valence-corrected chi connectivity index (χ1v) is 10.3. The smallest absolute Gasteiger partial charge is 0.252 e. The molecule has 0 saturated heterocycles. The van der Waals surface area contributed by atoms with Crippen LogP contribution in [0.2, 0.25) is 0 Å². The lowest BCUT2D eigenvalue weighted by Gasteiger charge is -2.10. The third-order valence-electron chi connectivity index (χ3n) is 5.16. The van der Waals surface area contributed by atoms with E-state index in [1.54, 1.807) is 36.5 Å². The number of aromatic nitrogens is 1. The van der Waals surface area contributed by atoms with Crippen molar-refractivity contribution in [2.24, 2.45) is 5.73 Å². The monoisotopic (exact) mass is 414 g/mol. The molecule has 0 radical (unpaired) electrons. The van der Waals surface area contributed by atoms with E-state index in [1.807, 2.05) is 12.1 Å². The molecule has 4 N–H and O–H groups in total. The molecule has 1 saturated carbocycles. The number of amides is 1. The Labute approximate surface area is 182 Å². The fraction of sp³-hybridized carbons (Fsp3) is 0.240. The van der Waals surface area contributed by atoms with Crippen molar-refractivity contribution in [1.82, 2.24) is 4.98 Å². The quantitative estimate of drug-likeness (QED) is 0.640. The number of carbonyl (C=O) groups is 1. The predicted octanol–water partition coefficient (Wildman–Crippen LogP) is 4.45. The zero-order chi connectivity index (χ0) is 22.1. The molecule has 1 aliphatic carbocycles. The van der Waals surface area contributed by atoms with Crippen molar-refractivity contribution < 1.29 is 9.53 Å². The minimum Gasteiger partial charge on any atom is -0.383 e. The van der Waals surface area contributed by atoms with Gasteiger partial charge in [0.2, 0.25) is 0 Å². The fourth-order valence-electron chi connectivity index (χ4n) is 3.41. The average molecular weight is 415 g/mol. The summed E-state index contributed by atoms with van der Waals surface area (Å²) in [6, 6.07) is 21.0. The molecule has 1 aromatic heterocycles. The number of pyridine rings is 1. The van der Waals surface area contributed by atoms with Gasteiger partial charge in [0.1, 0.15) is 5.82 Å². The summed E-state index contributed by atoms with van der Waals surface area (Å²) < 4.78 is 5.79. The van der Waals surface area contributed by atoms with Crippen LogP contribution in [0, 0.1) is 11.3 Å². The maximum Gasteiger partial charge on any atom is 0.252 e. The Balaban J connectivity index is 0.000000185. The van der Waals surface area contributed by atoms with Crippen molar-refractivity contribution in [1.29, 1.82) is 5.26 Å². The lowest BCUT2D eigenvalue weighted by Crippen LogP contribution is -2.14. The van der Waals surface area contributed by atoms with Crippen molar-refractivity contribution in [2.45, 2.75) is 38.4 Å². The van der Waals surface area contributed by atoms with Crippen LogP contribution in [0.25, 0.3) is 11.1 Å². The molecule has 6 nitrogen and oxygen atoms in total. The van der Waals surface area contributed by atoms with E-state index in [-0.39, 0.29) is 11.4 Å². The summed E-state index contributed by atoms with van der Waals surface area (Å²) in [5.41, 5.74) is 14.4. The molecule has 6 heteroatoms. The molecule has 158 valence electrons. The van der Waals surface area contributed by atoms with Gasteiger partial charge in [-0.2, -0.15) is 5.26 Å². The van der Waals surface area contributed by atoms with Gasteiger partial charge in [0.15, 0.2) is 0 Å². The Morgan fingerprint density at radius 1 is 1.06 bits per heavy atom. The van der Waals surface area contributed by atoms with Crippen LogP contribution in [0.4, 0.5) is 5.82 Å². The molecule has 1 amide bonds. The van der Waals surface area contributed by atoms with E-state index in [9.17, 15) is 4.79 Å². The van der Waals surface area contributed by atoms with E-state index in [1.165, 1.54) is 31.2 Å². The highest BCUT2D eigenvalue weighted by Crippen LogP contribution is 2.23. The van der Waals surface area contributed by atoms with E-state index in [2.05, 4.69) is 29.2 Å². The number of nitriles is 1. The predicted molar refractivity (Wildman–Crippen MR) is 121 cm³/mol. The zero-order valence-corrected chi connectivity index (χ0v) is 17.3. The number of nitrogens with zero attached hydrogens (tertiary/aromatic N) is 2. The van der Waals surface area contributed by atoms with Crippen LogP contribution >= 0.6 is 0 Å². The van der Waals surface area contributed by atoms with Crippen LogP contribution in [0.1, 0.15) is 47.2 Å². The number of primary amides is 1. The molecule has 0 spiro atoms. The van der Waals surface area contributed by atoms with Crippen LogP contribution < -0.4 is 11.5 Å². The highest BCUT2D eigenvalue weighted by Gasteiger charge is 2.14. The van der Waals surface area contributed by atoms with Gasteiger partial charge in [-0.15, -0.1) is 0 Å². The standard InChI is InChI=1S/C13H10N4O.C12H16O/c14-6-8-1-3-9(4-2-8)10-5-11(13(16)18)12(15)17-7-10;1-2-6-11(7-3-1)10-13-12-8-4-5-9-12/h1-5,7H,(H2,15,17)(H2,16,18);1-3,6-7,12H,4-5,8-10H2. The maximum atomic E-state index is 11.2. The fourth-order valence-corrected chi connectivity index (χ4v) is 3.41. The summed E-state index contributed by atoms with van der Waals surface area (Å²) >= 11 is 0. The summed E-state index contributed by atoms with van der Waals surface area (Å²) in [4.78, 5) is 15.1. The van der Waals surface area contributed by atoms with Crippen molar-refractivity contribution in [3.05, 3.63) is 83.6 Å². The normalized spacial score (nSPS) is 13.1. The van der Waals surface area contributed by atoms with Gasteiger partial charge in [-0.3, -0.25) is 4.79 Å². The van der Waals surface area contributed by atoms with Crippen LogP contribution in [0.5, 0.6) is 0 Å². The second kappa shape index (κ2) is 10.9. The maximum absolute atomic E-state index is 11.2. The number of ether oxygens (including phenoxy) is 1. The lowest BCUT2D eigenvalue weighted by atomic mass is 10.0. The van der Waals surface area contributed by atoms with E-state index >= 15 is 0 Å². The third kappa shape index (κ3) is 6.39. The van der Waals surface area contributed by atoms with E-state index in [0.717, 1.165) is 17.7 Å². The molecular formula is C25H26N4O2. The van der Waals surface area contributed by atoms with E-state index in [0.29, 0.717) is 11.7 Å². The summed E-state index contributed by atoms with van der Waals surface area (Å²) in [6.07, 6.45) is 7.29. The lowest BCUT2D eigenvalue weighted by molar-refractivity contribution is 0.0457. The topological polar surface area (TPSA) is 115 Å². The SMILES string of the molecule is N#Cc1ccc(-c2cnc(N)c(C(N)=O)c2)cc1.c1ccc(COC2CCCC2)cc1. The van der Waals surface area contributed by atoms with Gasteiger partial charge in [-0.05, 0) is 42.2 Å². The van der Waals surface area contributed by atoms with Crippen molar-refractivity contribution in [2.75, 3.05) is 5.73 Å². The number of hydrogen-bond donors (Lipinski definition) is 2. The minimum atomic E-state index is -0.615. The van der Waals surface area contributed by atoms with E-state index in [4.69, 9.17) is 21.5 Å².